The third kappa shape index (κ3) is 2.18. The van der Waals surface area contributed by atoms with Crippen molar-refractivity contribution in [2.24, 2.45) is 0 Å². The van der Waals surface area contributed by atoms with E-state index in [9.17, 15) is 5.11 Å². The summed E-state index contributed by atoms with van der Waals surface area (Å²) < 4.78 is 5.24. The van der Waals surface area contributed by atoms with Crippen molar-refractivity contribution in [3.05, 3.63) is 45.9 Å². The maximum Gasteiger partial charge on any atom is 0.143 e. The van der Waals surface area contributed by atoms with Crippen LogP contribution in [0.5, 0.6) is 5.75 Å². The van der Waals surface area contributed by atoms with Gasteiger partial charge in [0.15, 0.2) is 0 Å². The second-order valence-corrected chi connectivity index (χ2v) is 5.32. The molecule has 0 aliphatic heterocycles. The van der Waals surface area contributed by atoms with Crippen molar-refractivity contribution in [1.29, 1.82) is 0 Å². The first-order valence-electron chi connectivity index (χ1n) is 5.34. The Morgan fingerprint density at radius 2 is 2.12 bits per heavy atom. The highest BCUT2D eigenvalue weighted by molar-refractivity contribution is 7.12. The number of pyridine rings is 1. The van der Waals surface area contributed by atoms with Crippen molar-refractivity contribution < 1.29 is 9.84 Å². The summed E-state index contributed by atoms with van der Waals surface area (Å²) in [5.74, 6) is 0.601. The van der Waals surface area contributed by atoms with Gasteiger partial charge in [0.2, 0.25) is 0 Å². The molecule has 2 rings (SSSR count). The fourth-order valence-electron chi connectivity index (χ4n) is 1.73. The monoisotopic (exact) mass is 249 g/mol. The van der Waals surface area contributed by atoms with Gasteiger partial charge in [0, 0.05) is 16.0 Å². The number of nitrogens with zero attached hydrogens (tertiary/aromatic N) is 1. The van der Waals surface area contributed by atoms with Crippen molar-refractivity contribution >= 4 is 11.3 Å². The van der Waals surface area contributed by atoms with Gasteiger partial charge in [-0.1, -0.05) is 0 Å². The summed E-state index contributed by atoms with van der Waals surface area (Å²) in [5, 5.41) is 10.7. The van der Waals surface area contributed by atoms with E-state index >= 15 is 0 Å². The van der Waals surface area contributed by atoms with Crippen LogP contribution in [0.3, 0.4) is 0 Å². The molecule has 4 heteroatoms. The molecule has 2 aromatic heterocycles. The van der Waals surface area contributed by atoms with E-state index in [-0.39, 0.29) is 0 Å². The lowest BCUT2D eigenvalue weighted by Gasteiger charge is -2.23. The number of aryl methyl sites for hydroxylation is 1. The molecule has 0 aliphatic carbocycles. The van der Waals surface area contributed by atoms with Crippen LogP contribution in [-0.2, 0) is 5.60 Å². The van der Waals surface area contributed by atoms with Gasteiger partial charge in [0.05, 0.1) is 7.11 Å². The second-order valence-electron chi connectivity index (χ2n) is 4.04. The minimum Gasteiger partial charge on any atom is -0.495 e. The van der Waals surface area contributed by atoms with E-state index in [4.69, 9.17) is 4.74 Å². The predicted octanol–water partition coefficient (Wildman–Crippen LogP) is 2.72. The number of hydrogen-bond acceptors (Lipinski definition) is 4. The summed E-state index contributed by atoms with van der Waals surface area (Å²) in [7, 11) is 1.58. The Hall–Kier alpha value is -1.39. The minimum atomic E-state index is -1.12. The quantitative estimate of drug-likeness (QED) is 0.909. The van der Waals surface area contributed by atoms with E-state index in [0.29, 0.717) is 11.4 Å². The molecule has 0 bridgehead atoms. The Bertz CT molecular complexity index is 520. The molecule has 0 aliphatic rings. The van der Waals surface area contributed by atoms with Crippen LogP contribution in [-0.4, -0.2) is 17.2 Å². The van der Waals surface area contributed by atoms with E-state index in [1.165, 1.54) is 0 Å². The molecule has 2 aromatic rings. The molecular weight excluding hydrogens is 234 g/mol. The van der Waals surface area contributed by atoms with Crippen LogP contribution in [0.15, 0.2) is 30.5 Å². The van der Waals surface area contributed by atoms with Crippen LogP contribution < -0.4 is 4.74 Å². The second kappa shape index (κ2) is 4.47. The van der Waals surface area contributed by atoms with Gasteiger partial charge in [0.25, 0.3) is 0 Å². The molecule has 0 amide bonds. The van der Waals surface area contributed by atoms with E-state index in [1.807, 2.05) is 19.1 Å². The van der Waals surface area contributed by atoms with Crippen molar-refractivity contribution in [1.82, 2.24) is 4.98 Å². The number of rotatable bonds is 3. The minimum absolute atomic E-state index is 0.546. The molecule has 90 valence electrons. The standard InChI is InChI=1S/C13H15NO2S/c1-9-6-7-11(17-9)13(2,15)12-10(16-3)5-4-8-14-12/h4-8,15H,1-3H3. The average Bonchev–Trinajstić information content (AvgIpc) is 2.76. The average molecular weight is 249 g/mol. The normalized spacial score (nSPS) is 14.4. The topological polar surface area (TPSA) is 42.4 Å². The number of hydrogen-bond donors (Lipinski definition) is 1. The summed E-state index contributed by atoms with van der Waals surface area (Å²) in [6.45, 7) is 3.75. The number of methoxy groups -OCH3 is 1. The van der Waals surface area contributed by atoms with Gasteiger partial charge in [-0.05, 0) is 38.1 Å². The number of ether oxygens (including phenoxy) is 1. The van der Waals surface area contributed by atoms with Crippen LogP contribution >= 0.6 is 11.3 Å². The molecule has 0 saturated carbocycles. The van der Waals surface area contributed by atoms with Crippen molar-refractivity contribution in [2.45, 2.75) is 19.4 Å². The van der Waals surface area contributed by atoms with Crippen LogP contribution in [0.25, 0.3) is 0 Å². The van der Waals surface area contributed by atoms with Crippen LogP contribution in [0.2, 0.25) is 0 Å². The fraction of sp³-hybridized carbons (Fsp3) is 0.308. The Morgan fingerprint density at radius 1 is 1.35 bits per heavy atom. The number of aromatic nitrogens is 1. The lowest BCUT2D eigenvalue weighted by molar-refractivity contribution is 0.0978. The third-order valence-electron chi connectivity index (χ3n) is 2.67. The Balaban J connectivity index is 2.50. The Labute approximate surface area is 105 Å². The van der Waals surface area contributed by atoms with Gasteiger partial charge in [-0.3, -0.25) is 4.98 Å². The molecular formula is C13H15NO2S. The summed E-state index contributed by atoms with van der Waals surface area (Å²) in [4.78, 5) is 6.27. The first kappa shape index (κ1) is 12.1. The van der Waals surface area contributed by atoms with Gasteiger partial charge in [0.1, 0.15) is 17.0 Å². The molecule has 2 heterocycles. The van der Waals surface area contributed by atoms with E-state index in [1.54, 1.807) is 43.7 Å². The van der Waals surface area contributed by atoms with Gasteiger partial charge in [-0.15, -0.1) is 11.3 Å². The maximum absolute atomic E-state index is 10.7. The first-order chi connectivity index (χ1) is 8.05. The number of aliphatic hydroxyl groups is 1. The van der Waals surface area contributed by atoms with Crippen molar-refractivity contribution in [2.75, 3.05) is 7.11 Å². The molecule has 0 spiro atoms. The van der Waals surface area contributed by atoms with E-state index in [0.717, 1.165) is 9.75 Å². The predicted molar refractivity (Wildman–Crippen MR) is 68.5 cm³/mol. The van der Waals surface area contributed by atoms with Crippen LogP contribution in [0.4, 0.5) is 0 Å². The fourth-order valence-corrected chi connectivity index (χ4v) is 2.65. The zero-order valence-corrected chi connectivity index (χ0v) is 10.9. The van der Waals surface area contributed by atoms with Gasteiger partial charge < -0.3 is 9.84 Å². The van der Waals surface area contributed by atoms with Crippen molar-refractivity contribution in [3.63, 3.8) is 0 Å². The van der Waals surface area contributed by atoms with Gasteiger partial charge in [-0.25, -0.2) is 0 Å². The third-order valence-corrected chi connectivity index (χ3v) is 3.88. The van der Waals surface area contributed by atoms with Crippen LogP contribution in [0.1, 0.15) is 22.4 Å². The molecule has 0 aromatic carbocycles. The summed E-state index contributed by atoms with van der Waals surface area (Å²) in [5.41, 5.74) is -0.574. The Morgan fingerprint density at radius 3 is 2.71 bits per heavy atom. The Kier molecular flexibility index (Phi) is 3.17. The zero-order valence-electron chi connectivity index (χ0n) is 10.1. The molecule has 0 fully saturated rings. The van der Waals surface area contributed by atoms with Gasteiger partial charge in [-0.2, -0.15) is 0 Å². The lowest BCUT2D eigenvalue weighted by atomic mass is 9.99. The van der Waals surface area contributed by atoms with Gasteiger partial charge >= 0.3 is 0 Å². The summed E-state index contributed by atoms with van der Waals surface area (Å²) in [6.07, 6.45) is 1.66. The molecule has 0 radical (unpaired) electrons. The van der Waals surface area contributed by atoms with E-state index < -0.39 is 5.60 Å². The molecule has 17 heavy (non-hydrogen) atoms. The lowest BCUT2D eigenvalue weighted by Crippen LogP contribution is -2.23. The van der Waals surface area contributed by atoms with Crippen LogP contribution in [0, 0.1) is 6.92 Å². The first-order valence-corrected chi connectivity index (χ1v) is 6.16. The summed E-state index contributed by atoms with van der Waals surface area (Å²) >= 11 is 1.56. The largest absolute Gasteiger partial charge is 0.495 e. The smallest absolute Gasteiger partial charge is 0.143 e. The molecule has 1 atom stereocenters. The maximum atomic E-state index is 10.7. The molecule has 1 unspecified atom stereocenters. The highest BCUT2D eigenvalue weighted by Gasteiger charge is 2.31. The van der Waals surface area contributed by atoms with Crippen molar-refractivity contribution in [3.8, 4) is 5.75 Å². The highest BCUT2D eigenvalue weighted by atomic mass is 32.1. The zero-order chi connectivity index (χ0) is 12.5. The SMILES string of the molecule is COc1cccnc1C(C)(O)c1ccc(C)s1. The molecule has 1 N–H and O–H groups in total. The highest BCUT2D eigenvalue weighted by Crippen LogP contribution is 2.36. The molecule has 0 saturated heterocycles. The van der Waals surface area contributed by atoms with E-state index in [2.05, 4.69) is 4.98 Å². The number of thiophene rings is 1. The summed E-state index contributed by atoms with van der Waals surface area (Å²) in [6, 6.07) is 7.51. The molecule has 3 nitrogen and oxygen atoms in total.